The lowest BCUT2D eigenvalue weighted by Gasteiger charge is -2.13. The molecule has 0 bridgehead atoms. The lowest BCUT2D eigenvalue weighted by molar-refractivity contribution is -0.138. The van der Waals surface area contributed by atoms with Gasteiger partial charge in [-0.3, -0.25) is 0 Å². The van der Waals surface area contributed by atoms with Crippen LogP contribution in [0.2, 0.25) is 10.2 Å². The van der Waals surface area contributed by atoms with Crippen LogP contribution in [0.3, 0.4) is 0 Å². The molecule has 0 aliphatic rings. The molecule has 0 aliphatic carbocycles. The Morgan fingerprint density at radius 3 is 2.29 bits per heavy atom. The molecule has 0 fully saturated rings. The summed E-state index contributed by atoms with van der Waals surface area (Å²) in [5, 5.41) is 7.74. The molecule has 0 unspecified atom stereocenters. The van der Waals surface area contributed by atoms with Crippen molar-refractivity contribution in [1.29, 1.82) is 0 Å². The van der Waals surface area contributed by atoms with Crippen molar-refractivity contribution in [3.8, 4) is 0 Å². The average Bonchev–Trinajstić information content (AvgIpc) is 2.06. The number of aliphatic hydroxyl groups is 1. The van der Waals surface area contributed by atoms with Gasteiger partial charge < -0.3 is 5.11 Å². The number of hydrogen-bond acceptors (Lipinski definition) is 2. The molecule has 2 nitrogen and oxygen atoms in total. The molecule has 0 aromatic carbocycles. The molecule has 78 valence electrons. The van der Waals surface area contributed by atoms with E-state index in [-0.39, 0.29) is 5.02 Å². The Labute approximate surface area is 87.3 Å². The van der Waals surface area contributed by atoms with E-state index in [1.165, 1.54) is 0 Å². The number of rotatable bonds is 1. The van der Waals surface area contributed by atoms with Gasteiger partial charge in [0.25, 0.3) is 0 Å². The fraction of sp³-hybridized carbons (Fsp3) is 0.286. The van der Waals surface area contributed by atoms with Gasteiger partial charge >= 0.3 is 6.18 Å². The summed E-state index contributed by atoms with van der Waals surface area (Å²) in [5.74, 6) is 0. The van der Waals surface area contributed by atoms with Crippen molar-refractivity contribution in [1.82, 2.24) is 4.98 Å². The highest BCUT2D eigenvalue weighted by atomic mass is 35.5. The quantitative estimate of drug-likeness (QED) is 0.772. The van der Waals surface area contributed by atoms with E-state index in [0.717, 1.165) is 6.20 Å². The first kappa shape index (κ1) is 11.6. The number of aromatic nitrogens is 1. The van der Waals surface area contributed by atoms with Crippen LogP contribution in [0, 0.1) is 0 Å². The molecule has 1 aromatic heterocycles. The fourth-order valence-electron chi connectivity index (χ4n) is 0.942. The molecule has 0 spiro atoms. The van der Waals surface area contributed by atoms with Crippen LogP contribution >= 0.6 is 23.2 Å². The van der Waals surface area contributed by atoms with Crippen LogP contribution in [0.25, 0.3) is 0 Å². The van der Waals surface area contributed by atoms with E-state index in [4.69, 9.17) is 28.3 Å². The van der Waals surface area contributed by atoms with Crippen molar-refractivity contribution in [2.75, 3.05) is 0 Å². The van der Waals surface area contributed by atoms with Crippen LogP contribution < -0.4 is 0 Å². The summed E-state index contributed by atoms with van der Waals surface area (Å²) >= 11 is 10.7. The monoisotopic (exact) mass is 245 g/mol. The minimum absolute atomic E-state index is 0.260. The van der Waals surface area contributed by atoms with Crippen molar-refractivity contribution in [3.63, 3.8) is 0 Å². The van der Waals surface area contributed by atoms with Gasteiger partial charge in [-0.2, -0.15) is 13.2 Å². The molecule has 1 aromatic rings. The van der Waals surface area contributed by atoms with E-state index in [0.29, 0.717) is 0 Å². The molecule has 1 rings (SSSR count). The van der Waals surface area contributed by atoms with Crippen LogP contribution in [-0.4, -0.2) is 10.1 Å². The molecule has 0 aliphatic heterocycles. The largest absolute Gasteiger partial charge is 0.419 e. The number of nitrogens with zero attached hydrogens (tertiary/aromatic N) is 1. The molecule has 7 heteroatoms. The Morgan fingerprint density at radius 2 is 1.93 bits per heavy atom. The average molecular weight is 246 g/mol. The molecule has 0 saturated carbocycles. The second kappa shape index (κ2) is 3.92. The van der Waals surface area contributed by atoms with E-state index in [2.05, 4.69) is 4.98 Å². The zero-order valence-corrected chi connectivity index (χ0v) is 8.08. The summed E-state index contributed by atoms with van der Waals surface area (Å²) in [4.78, 5) is 3.26. The Bertz CT molecular complexity index is 354. The zero-order chi connectivity index (χ0) is 10.9. The molecular formula is C7H4Cl2F3NO. The Hall–Kier alpha value is -0.520. The zero-order valence-electron chi connectivity index (χ0n) is 6.57. The number of hydrogen-bond donors (Lipinski definition) is 1. The third-order valence-electron chi connectivity index (χ3n) is 1.53. The van der Waals surface area contributed by atoms with E-state index in [1.54, 1.807) is 0 Å². The SMILES string of the molecule is OCc1c(Cl)cnc(Cl)c1C(F)(F)F. The number of halogens is 5. The first-order valence-corrected chi connectivity index (χ1v) is 4.14. The maximum atomic E-state index is 12.4. The molecule has 0 atom stereocenters. The Kier molecular flexibility index (Phi) is 3.24. The second-order valence-electron chi connectivity index (χ2n) is 2.41. The summed E-state index contributed by atoms with van der Waals surface area (Å²) in [6, 6.07) is 0. The lowest BCUT2D eigenvalue weighted by Crippen LogP contribution is -2.11. The third-order valence-corrected chi connectivity index (χ3v) is 2.14. The van der Waals surface area contributed by atoms with Gasteiger partial charge in [-0.15, -0.1) is 0 Å². The number of alkyl halides is 3. The van der Waals surface area contributed by atoms with Crippen LogP contribution in [-0.2, 0) is 12.8 Å². The van der Waals surface area contributed by atoms with Gasteiger partial charge in [0.1, 0.15) is 5.15 Å². The molecule has 0 saturated heterocycles. The predicted molar refractivity (Wildman–Crippen MR) is 45.2 cm³/mol. The first-order valence-electron chi connectivity index (χ1n) is 3.39. The highest BCUT2D eigenvalue weighted by Crippen LogP contribution is 2.38. The molecular weight excluding hydrogens is 242 g/mol. The van der Waals surface area contributed by atoms with Gasteiger partial charge in [0.2, 0.25) is 0 Å². The van der Waals surface area contributed by atoms with Crippen LogP contribution in [0.5, 0.6) is 0 Å². The molecule has 14 heavy (non-hydrogen) atoms. The van der Waals surface area contributed by atoms with Crippen molar-refractivity contribution in [2.24, 2.45) is 0 Å². The van der Waals surface area contributed by atoms with Crippen LogP contribution in [0.1, 0.15) is 11.1 Å². The van der Waals surface area contributed by atoms with Gasteiger partial charge in [0.15, 0.2) is 0 Å². The fourth-order valence-corrected chi connectivity index (χ4v) is 1.42. The van der Waals surface area contributed by atoms with Crippen molar-refractivity contribution < 1.29 is 18.3 Å². The molecule has 0 amide bonds. The van der Waals surface area contributed by atoms with Gasteiger partial charge in [-0.1, -0.05) is 23.2 Å². The summed E-state index contributed by atoms with van der Waals surface area (Å²) in [6.07, 6.45) is -3.71. The number of pyridine rings is 1. The maximum absolute atomic E-state index is 12.4. The Morgan fingerprint density at radius 1 is 1.36 bits per heavy atom. The van der Waals surface area contributed by atoms with E-state index < -0.39 is 29.1 Å². The van der Waals surface area contributed by atoms with Gasteiger partial charge in [0.05, 0.1) is 17.2 Å². The summed E-state index contributed by atoms with van der Waals surface area (Å²) < 4.78 is 37.1. The van der Waals surface area contributed by atoms with Crippen molar-refractivity contribution >= 4 is 23.2 Å². The smallest absolute Gasteiger partial charge is 0.392 e. The topological polar surface area (TPSA) is 33.1 Å². The molecule has 1 N–H and O–H groups in total. The summed E-state index contributed by atoms with van der Waals surface area (Å²) in [7, 11) is 0. The van der Waals surface area contributed by atoms with Gasteiger partial charge in [-0.05, 0) is 0 Å². The maximum Gasteiger partial charge on any atom is 0.419 e. The summed E-state index contributed by atoms with van der Waals surface area (Å²) in [6.45, 7) is -0.837. The van der Waals surface area contributed by atoms with E-state index in [9.17, 15) is 13.2 Å². The normalized spacial score (nSPS) is 11.9. The predicted octanol–water partition coefficient (Wildman–Crippen LogP) is 2.90. The standard InChI is InChI=1S/C7H4Cl2F3NO/c8-4-1-13-6(9)5(3(4)2-14)7(10,11)12/h1,14H,2H2. The second-order valence-corrected chi connectivity index (χ2v) is 3.17. The molecule has 0 radical (unpaired) electrons. The third kappa shape index (κ3) is 2.10. The van der Waals surface area contributed by atoms with E-state index >= 15 is 0 Å². The van der Waals surface area contributed by atoms with Crippen LogP contribution in [0.15, 0.2) is 6.20 Å². The number of aliphatic hydroxyl groups excluding tert-OH is 1. The minimum Gasteiger partial charge on any atom is -0.392 e. The van der Waals surface area contributed by atoms with Crippen molar-refractivity contribution in [2.45, 2.75) is 12.8 Å². The molecule has 1 heterocycles. The highest BCUT2D eigenvalue weighted by molar-refractivity contribution is 6.33. The minimum atomic E-state index is -4.67. The highest BCUT2D eigenvalue weighted by Gasteiger charge is 2.37. The van der Waals surface area contributed by atoms with Gasteiger partial charge in [0, 0.05) is 11.8 Å². The van der Waals surface area contributed by atoms with Crippen LogP contribution in [0.4, 0.5) is 13.2 Å². The van der Waals surface area contributed by atoms with Gasteiger partial charge in [-0.25, -0.2) is 4.98 Å². The first-order chi connectivity index (χ1) is 6.38. The Balaban J connectivity index is 3.46. The summed E-state index contributed by atoms with van der Waals surface area (Å²) in [5.41, 5.74) is -1.65. The van der Waals surface area contributed by atoms with E-state index in [1.807, 2.05) is 0 Å². The van der Waals surface area contributed by atoms with Crippen molar-refractivity contribution in [3.05, 3.63) is 27.5 Å². The lowest BCUT2D eigenvalue weighted by atomic mass is 10.1.